The highest BCUT2D eigenvalue weighted by molar-refractivity contribution is 6.33. The van der Waals surface area contributed by atoms with E-state index in [9.17, 15) is 4.79 Å². The number of para-hydroxylation sites is 2. The van der Waals surface area contributed by atoms with Gasteiger partial charge in [0.25, 0.3) is 5.91 Å². The van der Waals surface area contributed by atoms with E-state index in [1.54, 1.807) is 18.2 Å². The summed E-state index contributed by atoms with van der Waals surface area (Å²) in [6.07, 6.45) is 0. The normalized spacial score (nSPS) is 10.8. The number of hydrogen-bond acceptors (Lipinski definition) is 4. The lowest BCUT2D eigenvalue weighted by atomic mass is 10.2. The van der Waals surface area contributed by atoms with Gasteiger partial charge in [-0.15, -0.1) is 0 Å². The number of ether oxygens (including phenoxy) is 1. The van der Waals surface area contributed by atoms with Crippen LogP contribution in [0.15, 0.2) is 71.1 Å². The Kier molecular flexibility index (Phi) is 5.00. The van der Waals surface area contributed by atoms with E-state index in [-0.39, 0.29) is 12.5 Å². The molecule has 4 rings (SSSR count). The first-order valence-corrected chi connectivity index (χ1v) is 9.11. The van der Waals surface area contributed by atoms with Gasteiger partial charge in [-0.25, -0.2) is 4.98 Å². The van der Waals surface area contributed by atoms with Crippen LogP contribution >= 0.6 is 11.6 Å². The standard InChI is InChI=1S/C22H17ClN2O3/c1-14-5-4-6-16(11-14)27-13-21(26)24-15-9-10-18(23)17(12-15)22-25-19-7-2-3-8-20(19)28-22/h2-12H,13H2,1H3,(H,24,26). The monoisotopic (exact) mass is 392 g/mol. The summed E-state index contributed by atoms with van der Waals surface area (Å²) in [5, 5.41) is 3.29. The van der Waals surface area contributed by atoms with Crippen molar-refractivity contribution in [3.8, 4) is 17.2 Å². The van der Waals surface area contributed by atoms with Crippen LogP contribution in [0.2, 0.25) is 5.02 Å². The molecule has 0 bridgehead atoms. The van der Waals surface area contributed by atoms with Gasteiger partial charge in [0.1, 0.15) is 11.3 Å². The van der Waals surface area contributed by atoms with E-state index in [1.165, 1.54) is 0 Å². The van der Waals surface area contributed by atoms with Crippen molar-refractivity contribution in [2.45, 2.75) is 6.92 Å². The number of fused-ring (bicyclic) bond motifs is 1. The zero-order chi connectivity index (χ0) is 19.5. The first-order chi connectivity index (χ1) is 13.6. The van der Waals surface area contributed by atoms with Gasteiger partial charge in [0.05, 0.1) is 10.6 Å². The maximum absolute atomic E-state index is 12.2. The third-order valence-corrected chi connectivity index (χ3v) is 4.46. The van der Waals surface area contributed by atoms with Gasteiger partial charge in [-0.3, -0.25) is 4.79 Å². The molecule has 0 aliphatic heterocycles. The summed E-state index contributed by atoms with van der Waals surface area (Å²) in [6, 6.07) is 20.2. The molecule has 6 heteroatoms. The lowest BCUT2D eigenvalue weighted by molar-refractivity contribution is -0.118. The molecule has 140 valence electrons. The number of aromatic nitrogens is 1. The minimum atomic E-state index is -0.271. The highest BCUT2D eigenvalue weighted by Gasteiger charge is 2.13. The molecule has 1 N–H and O–H groups in total. The van der Waals surface area contributed by atoms with Crippen LogP contribution in [-0.4, -0.2) is 17.5 Å². The third-order valence-electron chi connectivity index (χ3n) is 4.13. The molecule has 1 aromatic heterocycles. The summed E-state index contributed by atoms with van der Waals surface area (Å²) in [5.41, 5.74) is 3.68. The van der Waals surface area contributed by atoms with Crippen LogP contribution in [-0.2, 0) is 4.79 Å². The zero-order valence-corrected chi connectivity index (χ0v) is 15.9. The molecule has 0 saturated heterocycles. The Bertz CT molecular complexity index is 1120. The fourth-order valence-corrected chi connectivity index (χ4v) is 3.00. The van der Waals surface area contributed by atoms with E-state index in [0.29, 0.717) is 33.5 Å². The summed E-state index contributed by atoms with van der Waals surface area (Å²) in [6.45, 7) is 1.87. The van der Waals surface area contributed by atoms with Crippen molar-refractivity contribution in [3.05, 3.63) is 77.3 Å². The van der Waals surface area contributed by atoms with Crippen LogP contribution < -0.4 is 10.1 Å². The highest BCUT2D eigenvalue weighted by Crippen LogP contribution is 2.32. The molecule has 0 saturated carbocycles. The second-order valence-electron chi connectivity index (χ2n) is 6.33. The quantitative estimate of drug-likeness (QED) is 0.488. The largest absolute Gasteiger partial charge is 0.484 e. The molecule has 5 nitrogen and oxygen atoms in total. The number of anilines is 1. The van der Waals surface area contributed by atoms with Crippen LogP contribution in [0.5, 0.6) is 5.75 Å². The van der Waals surface area contributed by atoms with E-state index in [1.807, 2.05) is 55.5 Å². The topological polar surface area (TPSA) is 64.4 Å². The Morgan fingerprint density at radius 2 is 1.96 bits per heavy atom. The summed E-state index contributed by atoms with van der Waals surface area (Å²) in [7, 11) is 0. The Labute approximate surface area is 166 Å². The van der Waals surface area contributed by atoms with Gasteiger partial charge in [0.2, 0.25) is 5.89 Å². The molecular formula is C22H17ClN2O3. The van der Waals surface area contributed by atoms with Crippen molar-refractivity contribution in [1.29, 1.82) is 0 Å². The zero-order valence-electron chi connectivity index (χ0n) is 15.1. The third kappa shape index (κ3) is 4.00. The van der Waals surface area contributed by atoms with Gasteiger partial charge < -0.3 is 14.5 Å². The first kappa shape index (κ1) is 18.1. The molecule has 0 aliphatic carbocycles. The van der Waals surface area contributed by atoms with Gasteiger partial charge >= 0.3 is 0 Å². The Morgan fingerprint density at radius 3 is 2.79 bits per heavy atom. The molecule has 1 amide bonds. The summed E-state index contributed by atoms with van der Waals surface area (Å²) >= 11 is 6.31. The summed E-state index contributed by atoms with van der Waals surface area (Å²) in [5.74, 6) is 0.782. The number of amides is 1. The fraction of sp³-hybridized carbons (Fsp3) is 0.0909. The highest BCUT2D eigenvalue weighted by atomic mass is 35.5. The predicted molar refractivity (Wildman–Crippen MR) is 110 cm³/mol. The first-order valence-electron chi connectivity index (χ1n) is 8.73. The number of halogens is 1. The van der Waals surface area contributed by atoms with Gasteiger partial charge in [-0.05, 0) is 55.0 Å². The van der Waals surface area contributed by atoms with Crippen molar-refractivity contribution in [1.82, 2.24) is 4.98 Å². The van der Waals surface area contributed by atoms with Crippen LogP contribution in [0.1, 0.15) is 5.56 Å². The molecular weight excluding hydrogens is 376 g/mol. The SMILES string of the molecule is Cc1cccc(OCC(=O)Nc2ccc(Cl)c(-c3nc4ccccc4o3)c2)c1. The number of carbonyl (C=O) groups is 1. The lowest BCUT2D eigenvalue weighted by Crippen LogP contribution is -2.20. The second kappa shape index (κ2) is 7.74. The molecule has 0 unspecified atom stereocenters. The van der Waals surface area contributed by atoms with Gasteiger partial charge in [-0.2, -0.15) is 0 Å². The summed E-state index contributed by atoms with van der Waals surface area (Å²) < 4.78 is 11.3. The molecule has 0 aliphatic rings. The molecule has 0 fully saturated rings. The van der Waals surface area contributed by atoms with E-state index >= 15 is 0 Å². The van der Waals surface area contributed by atoms with Gasteiger partial charge in [0.15, 0.2) is 12.2 Å². The van der Waals surface area contributed by atoms with E-state index in [2.05, 4.69) is 10.3 Å². The smallest absolute Gasteiger partial charge is 0.262 e. The summed E-state index contributed by atoms with van der Waals surface area (Å²) in [4.78, 5) is 16.7. The minimum Gasteiger partial charge on any atom is -0.484 e. The van der Waals surface area contributed by atoms with E-state index in [4.69, 9.17) is 20.8 Å². The number of carbonyl (C=O) groups excluding carboxylic acids is 1. The predicted octanol–water partition coefficient (Wildman–Crippen LogP) is 5.47. The van der Waals surface area contributed by atoms with Crippen LogP contribution in [0.4, 0.5) is 5.69 Å². The number of hydrogen-bond donors (Lipinski definition) is 1. The molecule has 0 atom stereocenters. The fourth-order valence-electron chi connectivity index (χ4n) is 2.81. The maximum atomic E-state index is 12.2. The average molecular weight is 393 g/mol. The molecule has 28 heavy (non-hydrogen) atoms. The molecule has 0 spiro atoms. The number of benzene rings is 3. The van der Waals surface area contributed by atoms with Gasteiger partial charge in [0, 0.05) is 5.69 Å². The van der Waals surface area contributed by atoms with Crippen molar-refractivity contribution < 1.29 is 13.9 Å². The number of nitrogens with one attached hydrogen (secondary N) is 1. The van der Waals surface area contributed by atoms with Crippen LogP contribution in [0, 0.1) is 6.92 Å². The Morgan fingerprint density at radius 1 is 1.11 bits per heavy atom. The minimum absolute atomic E-state index is 0.0930. The van der Waals surface area contributed by atoms with E-state index < -0.39 is 0 Å². The van der Waals surface area contributed by atoms with Crippen molar-refractivity contribution in [3.63, 3.8) is 0 Å². The maximum Gasteiger partial charge on any atom is 0.262 e. The lowest BCUT2D eigenvalue weighted by Gasteiger charge is -2.09. The molecule has 0 radical (unpaired) electrons. The number of rotatable bonds is 5. The number of oxazole rings is 1. The van der Waals surface area contributed by atoms with Crippen LogP contribution in [0.25, 0.3) is 22.6 Å². The second-order valence-corrected chi connectivity index (χ2v) is 6.74. The van der Waals surface area contributed by atoms with E-state index in [0.717, 1.165) is 11.1 Å². The molecule has 4 aromatic rings. The van der Waals surface area contributed by atoms with Gasteiger partial charge in [-0.1, -0.05) is 35.9 Å². The number of nitrogens with zero attached hydrogens (tertiary/aromatic N) is 1. The van der Waals surface area contributed by atoms with Crippen molar-refractivity contribution in [2.75, 3.05) is 11.9 Å². The Hall–Kier alpha value is -3.31. The van der Waals surface area contributed by atoms with Crippen molar-refractivity contribution >= 4 is 34.3 Å². The van der Waals surface area contributed by atoms with Crippen molar-refractivity contribution in [2.24, 2.45) is 0 Å². The molecule has 1 heterocycles. The molecule has 3 aromatic carbocycles. The van der Waals surface area contributed by atoms with Crippen LogP contribution in [0.3, 0.4) is 0 Å². The number of aryl methyl sites for hydroxylation is 1. The Balaban J connectivity index is 1.49. The average Bonchev–Trinajstić information content (AvgIpc) is 3.12.